The lowest BCUT2D eigenvalue weighted by molar-refractivity contribution is -0.148. The lowest BCUT2D eigenvalue weighted by Gasteiger charge is -2.24. The van der Waals surface area contributed by atoms with Gasteiger partial charge in [0.05, 0.1) is 5.92 Å². The zero-order chi connectivity index (χ0) is 14.7. The lowest BCUT2D eigenvalue weighted by atomic mass is 10.1. The van der Waals surface area contributed by atoms with Crippen LogP contribution >= 0.6 is 0 Å². The van der Waals surface area contributed by atoms with Crippen LogP contribution in [0.25, 0.3) is 0 Å². The number of hydrogen-bond acceptors (Lipinski definition) is 4. The standard InChI is InChI=1S/C13H15N3O4/c14-12(18)9-6-11(17)16(7-9)10(13(19)20)5-8-1-3-15-4-2-8/h1-4,9-10H,5-7H2,(H2,14,18)(H,19,20). The number of primary amides is 1. The van der Waals surface area contributed by atoms with Crippen molar-refractivity contribution in [3.8, 4) is 0 Å². The van der Waals surface area contributed by atoms with Crippen molar-refractivity contribution in [3.05, 3.63) is 30.1 Å². The number of carboxylic acid groups (broad SMARTS) is 1. The summed E-state index contributed by atoms with van der Waals surface area (Å²) in [5.74, 6) is -2.63. The Hall–Kier alpha value is -2.44. The number of carbonyl (C=O) groups is 3. The van der Waals surface area contributed by atoms with E-state index in [9.17, 15) is 19.5 Å². The fraction of sp³-hybridized carbons (Fsp3) is 0.385. The van der Waals surface area contributed by atoms with E-state index in [1.54, 1.807) is 24.5 Å². The van der Waals surface area contributed by atoms with Gasteiger partial charge in [-0.15, -0.1) is 0 Å². The Morgan fingerprint density at radius 2 is 2.10 bits per heavy atom. The van der Waals surface area contributed by atoms with Gasteiger partial charge in [0.25, 0.3) is 0 Å². The summed E-state index contributed by atoms with van der Waals surface area (Å²) in [7, 11) is 0. The van der Waals surface area contributed by atoms with E-state index in [1.807, 2.05) is 0 Å². The number of rotatable bonds is 5. The molecule has 7 heteroatoms. The van der Waals surface area contributed by atoms with Gasteiger partial charge in [0.1, 0.15) is 6.04 Å². The number of carboxylic acids is 1. The van der Waals surface area contributed by atoms with Gasteiger partial charge in [0, 0.05) is 31.8 Å². The highest BCUT2D eigenvalue weighted by Crippen LogP contribution is 2.22. The van der Waals surface area contributed by atoms with E-state index in [-0.39, 0.29) is 25.3 Å². The van der Waals surface area contributed by atoms with Crippen LogP contribution in [-0.4, -0.2) is 45.4 Å². The second-order valence-electron chi connectivity index (χ2n) is 4.76. The molecular formula is C13H15N3O4. The number of likely N-dealkylation sites (tertiary alicyclic amines) is 1. The Morgan fingerprint density at radius 3 is 2.60 bits per heavy atom. The molecule has 1 aliphatic heterocycles. The van der Waals surface area contributed by atoms with Crippen molar-refractivity contribution in [2.45, 2.75) is 18.9 Å². The molecule has 7 nitrogen and oxygen atoms in total. The van der Waals surface area contributed by atoms with E-state index < -0.39 is 23.8 Å². The average molecular weight is 277 g/mol. The van der Waals surface area contributed by atoms with Crippen LogP contribution in [0, 0.1) is 5.92 Å². The molecule has 1 fully saturated rings. The zero-order valence-electron chi connectivity index (χ0n) is 10.7. The van der Waals surface area contributed by atoms with Crippen molar-refractivity contribution in [2.75, 3.05) is 6.54 Å². The summed E-state index contributed by atoms with van der Waals surface area (Å²) in [4.78, 5) is 39.5. The molecule has 0 aromatic carbocycles. The molecule has 1 aromatic heterocycles. The number of aliphatic carboxylic acids is 1. The highest BCUT2D eigenvalue weighted by atomic mass is 16.4. The van der Waals surface area contributed by atoms with Gasteiger partial charge in [-0.05, 0) is 17.7 Å². The molecule has 2 heterocycles. The van der Waals surface area contributed by atoms with Gasteiger partial charge in [-0.3, -0.25) is 14.6 Å². The fourth-order valence-corrected chi connectivity index (χ4v) is 2.30. The van der Waals surface area contributed by atoms with Crippen molar-refractivity contribution in [1.82, 2.24) is 9.88 Å². The van der Waals surface area contributed by atoms with Gasteiger partial charge >= 0.3 is 5.97 Å². The minimum atomic E-state index is -1.10. The third-order valence-electron chi connectivity index (χ3n) is 3.40. The quantitative estimate of drug-likeness (QED) is 0.746. The van der Waals surface area contributed by atoms with Crippen LogP contribution in [0.5, 0.6) is 0 Å². The van der Waals surface area contributed by atoms with Gasteiger partial charge in [-0.1, -0.05) is 0 Å². The highest BCUT2D eigenvalue weighted by molar-refractivity contribution is 5.91. The smallest absolute Gasteiger partial charge is 0.326 e. The topological polar surface area (TPSA) is 114 Å². The van der Waals surface area contributed by atoms with E-state index in [4.69, 9.17) is 5.73 Å². The first-order chi connectivity index (χ1) is 9.49. The molecule has 1 aliphatic rings. The third-order valence-corrected chi connectivity index (χ3v) is 3.40. The van der Waals surface area contributed by atoms with Crippen LogP contribution in [0.1, 0.15) is 12.0 Å². The molecule has 2 amide bonds. The summed E-state index contributed by atoms with van der Waals surface area (Å²) < 4.78 is 0. The molecule has 1 saturated heterocycles. The van der Waals surface area contributed by atoms with Crippen molar-refractivity contribution in [1.29, 1.82) is 0 Å². The summed E-state index contributed by atoms with van der Waals surface area (Å²) in [5.41, 5.74) is 5.94. The molecule has 0 spiro atoms. The van der Waals surface area contributed by atoms with Crippen molar-refractivity contribution < 1.29 is 19.5 Å². The summed E-state index contributed by atoms with van der Waals surface area (Å²) >= 11 is 0. The van der Waals surface area contributed by atoms with E-state index in [0.29, 0.717) is 0 Å². The zero-order valence-corrected chi connectivity index (χ0v) is 10.7. The summed E-state index contributed by atoms with van der Waals surface area (Å²) in [5, 5.41) is 9.31. The number of nitrogens with two attached hydrogens (primary N) is 1. The number of hydrogen-bond donors (Lipinski definition) is 2. The predicted octanol–water partition coefficient (Wildman–Crippen LogP) is -0.589. The molecule has 20 heavy (non-hydrogen) atoms. The van der Waals surface area contributed by atoms with Gasteiger partial charge in [-0.2, -0.15) is 0 Å². The maximum atomic E-state index is 11.9. The number of carbonyl (C=O) groups excluding carboxylic acids is 2. The summed E-state index contributed by atoms with van der Waals surface area (Å²) in [6.45, 7) is 0.0657. The molecule has 2 unspecified atom stereocenters. The van der Waals surface area contributed by atoms with Crippen LogP contribution in [0.15, 0.2) is 24.5 Å². The molecule has 2 atom stereocenters. The molecule has 3 N–H and O–H groups in total. The normalized spacial score (nSPS) is 19.9. The van der Waals surface area contributed by atoms with Crippen LogP contribution in [0.2, 0.25) is 0 Å². The molecule has 0 radical (unpaired) electrons. The number of amides is 2. The van der Waals surface area contributed by atoms with Crippen LogP contribution in [-0.2, 0) is 20.8 Å². The minimum Gasteiger partial charge on any atom is -0.480 e. The largest absolute Gasteiger partial charge is 0.480 e. The highest BCUT2D eigenvalue weighted by Gasteiger charge is 2.39. The monoisotopic (exact) mass is 277 g/mol. The second-order valence-corrected chi connectivity index (χ2v) is 4.76. The van der Waals surface area contributed by atoms with Crippen LogP contribution < -0.4 is 5.73 Å². The first kappa shape index (κ1) is 14.0. The molecule has 106 valence electrons. The van der Waals surface area contributed by atoms with Crippen molar-refractivity contribution in [2.24, 2.45) is 11.7 Å². The Morgan fingerprint density at radius 1 is 1.45 bits per heavy atom. The SMILES string of the molecule is NC(=O)C1CC(=O)N(C(Cc2ccncc2)C(=O)O)C1. The summed E-state index contributed by atoms with van der Waals surface area (Å²) in [6.07, 6.45) is 3.28. The molecule has 0 aliphatic carbocycles. The Kier molecular flexibility index (Phi) is 3.97. The fourth-order valence-electron chi connectivity index (χ4n) is 2.30. The minimum absolute atomic E-state index is 0.0184. The van der Waals surface area contributed by atoms with Gasteiger partial charge in [-0.25, -0.2) is 4.79 Å². The molecule has 0 saturated carbocycles. The summed E-state index contributed by atoms with van der Waals surface area (Å²) in [6, 6.07) is 2.40. The molecule has 1 aromatic rings. The van der Waals surface area contributed by atoms with Crippen LogP contribution in [0.4, 0.5) is 0 Å². The van der Waals surface area contributed by atoms with E-state index in [0.717, 1.165) is 5.56 Å². The second kappa shape index (κ2) is 5.68. The maximum absolute atomic E-state index is 11.9. The first-order valence-electron chi connectivity index (χ1n) is 6.19. The first-order valence-corrected chi connectivity index (χ1v) is 6.19. The van der Waals surface area contributed by atoms with Gasteiger partial charge in [0.2, 0.25) is 11.8 Å². The Labute approximate surface area is 115 Å². The van der Waals surface area contributed by atoms with E-state index in [2.05, 4.69) is 4.98 Å². The van der Waals surface area contributed by atoms with Gasteiger partial charge < -0.3 is 15.7 Å². The van der Waals surface area contributed by atoms with Crippen LogP contribution in [0.3, 0.4) is 0 Å². The number of pyridine rings is 1. The average Bonchev–Trinajstić information content (AvgIpc) is 2.79. The van der Waals surface area contributed by atoms with Crippen molar-refractivity contribution >= 4 is 17.8 Å². The van der Waals surface area contributed by atoms with Gasteiger partial charge in [0.15, 0.2) is 0 Å². The van der Waals surface area contributed by atoms with Crippen molar-refractivity contribution in [3.63, 3.8) is 0 Å². The lowest BCUT2D eigenvalue weighted by Crippen LogP contribution is -2.44. The predicted molar refractivity (Wildman–Crippen MR) is 68.4 cm³/mol. The third kappa shape index (κ3) is 2.93. The maximum Gasteiger partial charge on any atom is 0.326 e. The number of aromatic nitrogens is 1. The Balaban J connectivity index is 2.15. The number of nitrogens with zero attached hydrogens (tertiary/aromatic N) is 2. The Bertz CT molecular complexity index is 532. The van der Waals surface area contributed by atoms with E-state index in [1.165, 1.54) is 4.90 Å². The van der Waals surface area contributed by atoms with E-state index >= 15 is 0 Å². The molecular weight excluding hydrogens is 262 g/mol. The molecule has 2 rings (SSSR count). The molecule has 0 bridgehead atoms.